The van der Waals surface area contributed by atoms with E-state index in [1.54, 1.807) is 0 Å². The molecule has 0 radical (unpaired) electrons. The van der Waals surface area contributed by atoms with Crippen LogP contribution in [-0.4, -0.2) is 26.2 Å². The Morgan fingerprint density at radius 3 is 2.75 bits per heavy atom. The monoisotopic (exact) mass is 274 g/mol. The van der Waals surface area contributed by atoms with Gasteiger partial charge in [0.15, 0.2) is 0 Å². The summed E-state index contributed by atoms with van der Waals surface area (Å²) < 4.78 is 0. The minimum atomic E-state index is 0.465. The molecule has 1 aliphatic heterocycles. The molecule has 0 bridgehead atoms. The number of nitrogens with zero attached hydrogens (tertiary/aromatic N) is 1. The van der Waals surface area contributed by atoms with Crippen LogP contribution < -0.4 is 10.2 Å². The predicted molar refractivity (Wildman–Crippen MR) is 88.5 cm³/mol. The first kappa shape index (κ1) is 15.4. The molecule has 20 heavy (non-hydrogen) atoms. The summed E-state index contributed by atoms with van der Waals surface area (Å²) >= 11 is 0. The third-order valence-corrected chi connectivity index (χ3v) is 4.62. The van der Waals surface area contributed by atoms with Gasteiger partial charge in [-0.15, -0.1) is 0 Å². The van der Waals surface area contributed by atoms with E-state index in [4.69, 9.17) is 0 Å². The molecule has 2 nitrogen and oxygen atoms in total. The van der Waals surface area contributed by atoms with Gasteiger partial charge in [0, 0.05) is 30.7 Å². The van der Waals surface area contributed by atoms with Crippen LogP contribution in [0.2, 0.25) is 0 Å². The molecule has 0 aliphatic carbocycles. The number of anilines is 1. The molecule has 1 fully saturated rings. The summed E-state index contributed by atoms with van der Waals surface area (Å²) in [5.74, 6) is 0. The molecule has 0 saturated carbocycles. The van der Waals surface area contributed by atoms with Crippen molar-refractivity contribution in [1.82, 2.24) is 5.32 Å². The molecule has 112 valence electrons. The quantitative estimate of drug-likeness (QED) is 0.843. The fourth-order valence-electron chi connectivity index (χ4n) is 3.60. The molecule has 1 heterocycles. The maximum atomic E-state index is 3.63. The maximum Gasteiger partial charge on any atom is 0.0368 e. The molecule has 2 rings (SSSR count). The van der Waals surface area contributed by atoms with Gasteiger partial charge in [-0.3, -0.25) is 0 Å². The third kappa shape index (κ3) is 3.76. The van der Waals surface area contributed by atoms with Crippen molar-refractivity contribution in [3.8, 4) is 0 Å². The van der Waals surface area contributed by atoms with E-state index in [1.165, 1.54) is 56.6 Å². The molecule has 2 heteroatoms. The Bertz CT molecular complexity index is 402. The highest BCUT2D eigenvalue weighted by Crippen LogP contribution is 2.34. The molecule has 1 saturated heterocycles. The molecule has 1 aromatic rings. The van der Waals surface area contributed by atoms with Crippen molar-refractivity contribution in [1.29, 1.82) is 0 Å². The van der Waals surface area contributed by atoms with Gasteiger partial charge in [-0.1, -0.05) is 25.5 Å². The van der Waals surface area contributed by atoms with Gasteiger partial charge in [-0.05, 0) is 57.4 Å². The zero-order valence-electron chi connectivity index (χ0n) is 13.4. The zero-order valence-corrected chi connectivity index (χ0v) is 13.4. The molecule has 1 aromatic carbocycles. The molecular formula is C18H30N2. The zero-order chi connectivity index (χ0) is 14.4. The Morgan fingerprint density at radius 1 is 1.30 bits per heavy atom. The normalized spacial score (nSPS) is 22.8. The van der Waals surface area contributed by atoms with E-state index in [2.05, 4.69) is 55.3 Å². The first-order valence-electron chi connectivity index (χ1n) is 8.21. The summed E-state index contributed by atoms with van der Waals surface area (Å²) in [7, 11) is 0. The number of hydrogen-bond donors (Lipinski definition) is 1. The van der Waals surface area contributed by atoms with Crippen LogP contribution in [0.3, 0.4) is 0 Å². The van der Waals surface area contributed by atoms with Crippen molar-refractivity contribution >= 4 is 5.69 Å². The minimum absolute atomic E-state index is 0.465. The lowest BCUT2D eigenvalue weighted by atomic mass is 9.76. The SMILES string of the molecule is CCCC1(CN(CC)c2cccc(C)c2)CCCNC1. The molecule has 0 amide bonds. The number of benzene rings is 1. The second kappa shape index (κ2) is 7.12. The van der Waals surface area contributed by atoms with Gasteiger partial charge in [0.05, 0.1) is 0 Å². The van der Waals surface area contributed by atoms with E-state index < -0.39 is 0 Å². The number of rotatable bonds is 6. The van der Waals surface area contributed by atoms with E-state index in [0.29, 0.717) is 5.41 Å². The van der Waals surface area contributed by atoms with E-state index >= 15 is 0 Å². The van der Waals surface area contributed by atoms with Gasteiger partial charge < -0.3 is 10.2 Å². The minimum Gasteiger partial charge on any atom is -0.371 e. The van der Waals surface area contributed by atoms with Crippen molar-refractivity contribution in [2.24, 2.45) is 5.41 Å². The summed E-state index contributed by atoms with van der Waals surface area (Å²) in [5.41, 5.74) is 3.20. The average molecular weight is 274 g/mol. The Labute approximate surface area is 124 Å². The van der Waals surface area contributed by atoms with Crippen LogP contribution in [-0.2, 0) is 0 Å². The number of nitrogens with one attached hydrogen (secondary N) is 1. The van der Waals surface area contributed by atoms with Crippen molar-refractivity contribution in [2.75, 3.05) is 31.1 Å². The highest BCUT2D eigenvalue weighted by Gasteiger charge is 2.32. The van der Waals surface area contributed by atoms with E-state index in [-0.39, 0.29) is 0 Å². The van der Waals surface area contributed by atoms with Gasteiger partial charge in [-0.2, -0.15) is 0 Å². The van der Waals surface area contributed by atoms with Crippen LogP contribution in [0.4, 0.5) is 5.69 Å². The molecule has 1 atom stereocenters. The van der Waals surface area contributed by atoms with Crippen molar-refractivity contribution in [3.63, 3.8) is 0 Å². The first-order valence-corrected chi connectivity index (χ1v) is 8.21. The predicted octanol–water partition coefficient (Wildman–Crippen LogP) is 3.99. The third-order valence-electron chi connectivity index (χ3n) is 4.62. The summed E-state index contributed by atoms with van der Waals surface area (Å²) in [5, 5.41) is 3.63. The smallest absolute Gasteiger partial charge is 0.0368 e. The summed E-state index contributed by atoms with van der Waals surface area (Å²) in [6, 6.07) is 8.94. The first-order chi connectivity index (χ1) is 9.69. The van der Waals surface area contributed by atoms with Crippen LogP contribution >= 0.6 is 0 Å². The van der Waals surface area contributed by atoms with Crippen molar-refractivity contribution < 1.29 is 0 Å². The van der Waals surface area contributed by atoms with Gasteiger partial charge in [0.1, 0.15) is 0 Å². The second-order valence-corrected chi connectivity index (χ2v) is 6.38. The molecule has 1 aliphatic rings. The standard InChI is InChI=1S/C18H30N2/c1-4-10-18(11-7-12-19-14-18)15-20(5-2)17-9-6-8-16(3)13-17/h6,8-9,13,19H,4-5,7,10-12,14-15H2,1-3H3. The Hall–Kier alpha value is -1.02. The highest BCUT2D eigenvalue weighted by molar-refractivity contribution is 5.48. The van der Waals surface area contributed by atoms with Gasteiger partial charge in [0.2, 0.25) is 0 Å². The lowest BCUT2D eigenvalue weighted by molar-refractivity contribution is 0.195. The Balaban J connectivity index is 2.14. The lowest BCUT2D eigenvalue weighted by Gasteiger charge is -2.42. The molecule has 1 unspecified atom stereocenters. The van der Waals surface area contributed by atoms with E-state index in [0.717, 1.165) is 6.54 Å². The van der Waals surface area contributed by atoms with Crippen LogP contribution in [0, 0.1) is 12.3 Å². The fourth-order valence-corrected chi connectivity index (χ4v) is 3.60. The topological polar surface area (TPSA) is 15.3 Å². The van der Waals surface area contributed by atoms with Crippen molar-refractivity contribution in [2.45, 2.75) is 46.5 Å². The van der Waals surface area contributed by atoms with Crippen molar-refractivity contribution in [3.05, 3.63) is 29.8 Å². The number of aryl methyl sites for hydroxylation is 1. The average Bonchev–Trinajstić information content (AvgIpc) is 2.46. The fraction of sp³-hybridized carbons (Fsp3) is 0.667. The molecular weight excluding hydrogens is 244 g/mol. The summed E-state index contributed by atoms with van der Waals surface area (Å²) in [6.07, 6.45) is 5.32. The maximum absolute atomic E-state index is 3.63. The van der Waals surface area contributed by atoms with Crippen LogP contribution in [0.5, 0.6) is 0 Å². The van der Waals surface area contributed by atoms with Gasteiger partial charge in [-0.25, -0.2) is 0 Å². The van der Waals surface area contributed by atoms with Crippen LogP contribution in [0.25, 0.3) is 0 Å². The Kier molecular flexibility index (Phi) is 5.47. The molecule has 0 spiro atoms. The second-order valence-electron chi connectivity index (χ2n) is 6.38. The lowest BCUT2D eigenvalue weighted by Crippen LogP contribution is -2.47. The van der Waals surface area contributed by atoms with E-state index in [9.17, 15) is 0 Å². The molecule has 0 aromatic heterocycles. The highest BCUT2D eigenvalue weighted by atomic mass is 15.1. The summed E-state index contributed by atoms with van der Waals surface area (Å²) in [6.45, 7) is 11.4. The van der Waals surface area contributed by atoms with Crippen LogP contribution in [0.15, 0.2) is 24.3 Å². The van der Waals surface area contributed by atoms with Gasteiger partial charge >= 0.3 is 0 Å². The number of hydrogen-bond acceptors (Lipinski definition) is 2. The summed E-state index contributed by atoms with van der Waals surface area (Å²) in [4.78, 5) is 2.57. The number of piperidine rings is 1. The van der Waals surface area contributed by atoms with Gasteiger partial charge in [0.25, 0.3) is 0 Å². The van der Waals surface area contributed by atoms with E-state index in [1.807, 2.05) is 0 Å². The largest absolute Gasteiger partial charge is 0.371 e. The van der Waals surface area contributed by atoms with Crippen LogP contribution in [0.1, 0.15) is 45.1 Å². The Morgan fingerprint density at radius 2 is 2.15 bits per heavy atom. The molecule has 1 N–H and O–H groups in total.